The average molecular weight is 266 g/mol. The first kappa shape index (κ1) is 12.4. The highest BCUT2D eigenvalue weighted by Crippen LogP contribution is 2.27. The van der Waals surface area contributed by atoms with Crippen molar-refractivity contribution in [2.24, 2.45) is 0 Å². The van der Waals surface area contributed by atoms with E-state index in [0.717, 1.165) is 26.4 Å². The van der Waals surface area contributed by atoms with Crippen molar-refractivity contribution in [1.29, 1.82) is 0 Å². The third kappa shape index (κ3) is 2.45. The summed E-state index contributed by atoms with van der Waals surface area (Å²) in [5, 5.41) is 1.43. The monoisotopic (exact) mass is 266 g/mol. The molecule has 0 radical (unpaired) electrons. The molecular formula is C12H14N2OS2. The van der Waals surface area contributed by atoms with Crippen LogP contribution in [0, 0.1) is 13.8 Å². The summed E-state index contributed by atoms with van der Waals surface area (Å²) in [6, 6.07) is 0. The Labute approximate surface area is 108 Å². The normalized spacial score (nSPS) is 11.7. The number of nitrogens with one attached hydrogen (secondary N) is 1. The molecule has 17 heavy (non-hydrogen) atoms. The Hall–Kier alpha value is -1.07. The molecule has 0 saturated carbocycles. The number of nitrogens with zero attached hydrogens (tertiary/aromatic N) is 1. The lowest BCUT2D eigenvalue weighted by molar-refractivity contribution is 0.981. The number of aryl methyl sites for hydroxylation is 2. The van der Waals surface area contributed by atoms with Gasteiger partial charge in [0.15, 0.2) is 5.16 Å². The van der Waals surface area contributed by atoms with Crippen molar-refractivity contribution in [3.8, 4) is 0 Å². The zero-order valence-corrected chi connectivity index (χ0v) is 11.7. The van der Waals surface area contributed by atoms with Gasteiger partial charge in [0.1, 0.15) is 4.83 Å². The van der Waals surface area contributed by atoms with Crippen molar-refractivity contribution in [1.82, 2.24) is 9.97 Å². The van der Waals surface area contributed by atoms with Crippen LogP contribution in [0.4, 0.5) is 0 Å². The summed E-state index contributed by atoms with van der Waals surface area (Å²) >= 11 is 3.13. The summed E-state index contributed by atoms with van der Waals surface area (Å²) in [7, 11) is 0. The molecule has 0 aliphatic heterocycles. The molecule has 0 saturated heterocycles. The average Bonchev–Trinajstić information content (AvgIpc) is 2.55. The van der Waals surface area contributed by atoms with Crippen LogP contribution in [0.1, 0.15) is 17.4 Å². The number of thiophene rings is 1. The van der Waals surface area contributed by atoms with E-state index in [4.69, 9.17) is 0 Å². The molecule has 0 atom stereocenters. The van der Waals surface area contributed by atoms with Crippen LogP contribution in [-0.2, 0) is 0 Å². The molecule has 0 bridgehead atoms. The van der Waals surface area contributed by atoms with Crippen LogP contribution in [0.25, 0.3) is 10.2 Å². The van der Waals surface area contributed by atoms with Crippen LogP contribution >= 0.6 is 23.1 Å². The number of hydrogen-bond acceptors (Lipinski definition) is 4. The number of thioether (sulfide) groups is 1. The third-order valence-electron chi connectivity index (χ3n) is 2.57. The molecule has 0 unspecified atom stereocenters. The molecule has 0 fully saturated rings. The lowest BCUT2D eigenvalue weighted by Gasteiger charge is -1.97. The van der Waals surface area contributed by atoms with Gasteiger partial charge in [-0.15, -0.1) is 11.3 Å². The van der Waals surface area contributed by atoms with Gasteiger partial charge in [-0.3, -0.25) is 4.79 Å². The smallest absolute Gasteiger partial charge is 0.260 e. The molecule has 2 heterocycles. The van der Waals surface area contributed by atoms with E-state index in [1.54, 1.807) is 23.1 Å². The number of H-pyrrole nitrogens is 1. The van der Waals surface area contributed by atoms with Crippen LogP contribution in [0.2, 0.25) is 0 Å². The van der Waals surface area contributed by atoms with Gasteiger partial charge in [-0.25, -0.2) is 4.98 Å². The fourth-order valence-corrected chi connectivity index (χ4v) is 3.38. The van der Waals surface area contributed by atoms with Crippen molar-refractivity contribution in [2.75, 3.05) is 5.75 Å². The molecule has 3 nitrogen and oxygen atoms in total. The summed E-state index contributed by atoms with van der Waals surface area (Å²) in [4.78, 5) is 21.3. The first-order valence-electron chi connectivity index (χ1n) is 5.37. The fraction of sp³-hybridized carbons (Fsp3) is 0.333. The first-order chi connectivity index (χ1) is 8.13. The van der Waals surface area contributed by atoms with E-state index in [0.29, 0.717) is 5.16 Å². The zero-order valence-electron chi connectivity index (χ0n) is 10.0. The predicted octanol–water partition coefficient (Wildman–Crippen LogP) is 3.27. The second-order valence-electron chi connectivity index (χ2n) is 3.71. The van der Waals surface area contributed by atoms with Gasteiger partial charge in [-0.05, 0) is 26.3 Å². The Morgan fingerprint density at radius 3 is 2.94 bits per heavy atom. The third-order valence-corrected chi connectivity index (χ3v) is 4.50. The number of hydrogen-bond donors (Lipinski definition) is 1. The summed E-state index contributed by atoms with van der Waals surface area (Å²) < 4.78 is 0. The summed E-state index contributed by atoms with van der Waals surface area (Å²) in [5.41, 5.74) is 1.02. The zero-order chi connectivity index (χ0) is 12.4. The minimum absolute atomic E-state index is 0.0279. The number of fused-ring (bicyclic) bond motifs is 1. The molecule has 0 aliphatic rings. The van der Waals surface area contributed by atoms with Crippen LogP contribution in [-0.4, -0.2) is 15.7 Å². The van der Waals surface area contributed by atoms with E-state index in [9.17, 15) is 4.79 Å². The van der Waals surface area contributed by atoms with E-state index in [1.165, 1.54) is 0 Å². The van der Waals surface area contributed by atoms with Gasteiger partial charge >= 0.3 is 0 Å². The van der Waals surface area contributed by atoms with Gasteiger partial charge in [0, 0.05) is 10.6 Å². The number of aromatic amines is 1. The number of aromatic nitrogens is 2. The first-order valence-corrected chi connectivity index (χ1v) is 7.17. The van der Waals surface area contributed by atoms with E-state index in [2.05, 4.69) is 9.97 Å². The molecule has 1 N–H and O–H groups in total. The maximum absolute atomic E-state index is 11.9. The van der Waals surface area contributed by atoms with Gasteiger partial charge in [0.05, 0.1) is 5.39 Å². The molecule has 2 aromatic rings. The highest BCUT2D eigenvalue weighted by Gasteiger charge is 2.11. The SMILES string of the molecule is C/C=C/CSc1nc2sc(C)c(C)c2c(=O)[nH]1. The molecule has 0 aromatic carbocycles. The minimum Gasteiger partial charge on any atom is -0.301 e. The molecule has 0 spiro atoms. The van der Waals surface area contributed by atoms with Crippen molar-refractivity contribution in [3.63, 3.8) is 0 Å². The van der Waals surface area contributed by atoms with Gasteiger partial charge in [0.25, 0.3) is 5.56 Å². The van der Waals surface area contributed by atoms with Gasteiger partial charge in [-0.2, -0.15) is 0 Å². The Balaban J connectivity index is 2.45. The van der Waals surface area contributed by atoms with Gasteiger partial charge < -0.3 is 4.98 Å². The molecule has 90 valence electrons. The highest BCUT2D eigenvalue weighted by molar-refractivity contribution is 7.99. The molecule has 0 aliphatic carbocycles. The Kier molecular flexibility index (Phi) is 3.69. The summed E-state index contributed by atoms with van der Waals surface area (Å²) in [6.07, 6.45) is 4.03. The van der Waals surface area contributed by atoms with E-state index >= 15 is 0 Å². The summed E-state index contributed by atoms with van der Waals surface area (Å²) in [5.74, 6) is 0.828. The van der Waals surface area contributed by atoms with Crippen LogP contribution in [0.3, 0.4) is 0 Å². The lowest BCUT2D eigenvalue weighted by Crippen LogP contribution is -2.08. The summed E-state index contributed by atoms with van der Waals surface area (Å²) in [6.45, 7) is 5.97. The standard InChI is InChI=1S/C12H14N2OS2/c1-4-5-6-16-12-13-10(15)9-7(2)8(3)17-11(9)14-12/h4-5H,6H2,1-3H3,(H,13,14,15)/b5-4+. The molecule has 5 heteroatoms. The maximum Gasteiger partial charge on any atom is 0.260 e. The Bertz CT molecular complexity index is 625. The van der Waals surface area contributed by atoms with Crippen molar-refractivity contribution >= 4 is 33.3 Å². The largest absolute Gasteiger partial charge is 0.301 e. The minimum atomic E-state index is -0.0279. The fourth-order valence-electron chi connectivity index (χ4n) is 1.53. The van der Waals surface area contributed by atoms with Crippen molar-refractivity contribution < 1.29 is 0 Å². The molecular weight excluding hydrogens is 252 g/mol. The molecule has 2 rings (SSSR count). The second-order valence-corrected chi connectivity index (χ2v) is 5.93. The highest BCUT2D eigenvalue weighted by atomic mass is 32.2. The van der Waals surface area contributed by atoms with Crippen molar-refractivity contribution in [2.45, 2.75) is 25.9 Å². The lowest BCUT2D eigenvalue weighted by atomic mass is 10.2. The Morgan fingerprint density at radius 1 is 1.47 bits per heavy atom. The Morgan fingerprint density at radius 2 is 2.24 bits per heavy atom. The van der Waals surface area contributed by atoms with Gasteiger partial charge in [-0.1, -0.05) is 23.9 Å². The van der Waals surface area contributed by atoms with Crippen LogP contribution in [0.5, 0.6) is 0 Å². The molecule has 0 amide bonds. The molecule has 2 aromatic heterocycles. The predicted molar refractivity (Wildman–Crippen MR) is 75.3 cm³/mol. The van der Waals surface area contributed by atoms with E-state index in [-0.39, 0.29) is 5.56 Å². The topological polar surface area (TPSA) is 45.8 Å². The van der Waals surface area contributed by atoms with E-state index in [1.807, 2.05) is 32.9 Å². The van der Waals surface area contributed by atoms with E-state index < -0.39 is 0 Å². The maximum atomic E-state index is 11.9. The number of allylic oxidation sites excluding steroid dienone is 1. The van der Waals surface area contributed by atoms with Crippen LogP contribution in [0.15, 0.2) is 22.1 Å². The second kappa shape index (κ2) is 5.06. The quantitative estimate of drug-likeness (QED) is 0.527. The van der Waals surface area contributed by atoms with Crippen LogP contribution < -0.4 is 5.56 Å². The van der Waals surface area contributed by atoms with Crippen molar-refractivity contribution in [3.05, 3.63) is 32.9 Å². The van der Waals surface area contributed by atoms with Gasteiger partial charge in [0.2, 0.25) is 0 Å². The number of rotatable bonds is 3.